The molecule has 0 aliphatic heterocycles. The molecule has 0 unspecified atom stereocenters. The maximum absolute atomic E-state index is 13.7. The number of anilines is 2. The van der Waals surface area contributed by atoms with Gasteiger partial charge in [-0.1, -0.05) is 42.5 Å². The zero-order chi connectivity index (χ0) is 28.8. The number of amides is 2. The first-order valence-corrected chi connectivity index (χ1v) is 13.2. The number of allylic oxidation sites excluding steroid dienone is 1. The molecule has 0 aliphatic rings. The molecule has 9 nitrogen and oxygen atoms in total. The van der Waals surface area contributed by atoms with E-state index in [9.17, 15) is 19.2 Å². The highest BCUT2D eigenvalue weighted by molar-refractivity contribution is 6.15. The molecule has 0 spiro atoms. The van der Waals surface area contributed by atoms with Gasteiger partial charge in [-0.15, -0.1) is 6.58 Å². The highest BCUT2D eigenvalue weighted by Gasteiger charge is 2.25. The van der Waals surface area contributed by atoms with Crippen molar-refractivity contribution in [1.29, 1.82) is 0 Å². The summed E-state index contributed by atoms with van der Waals surface area (Å²) in [6.07, 6.45) is 1.58. The molecule has 2 amide bonds. The van der Waals surface area contributed by atoms with Crippen molar-refractivity contribution in [2.45, 2.75) is 26.9 Å². The Morgan fingerprint density at radius 1 is 0.875 bits per heavy atom. The predicted molar refractivity (Wildman–Crippen MR) is 158 cm³/mol. The second-order valence-corrected chi connectivity index (χ2v) is 9.27. The summed E-state index contributed by atoms with van der Waals surface area (Å²) < 4.78 is 2.75. The van der Waals surface area contributed by atoms with E-state index in [2.05, 4.69) is 25.3 Å². The van der Waals surface area contributed by atoms with E-state index < -0.39 is 24.0 Å². The first-order chi connectivity index (χ1) is 19.3. The number of carbonyl (C=O) groups excluding carboxylic acids is 3. The Balaban J connectivity index is 1.80. The second-order valence-electron chi connectivity index (χ2n) is 9.27. The summed E-state index contributed by atoms with van der Waals surface area (Å²) in [5.74, 6) is -1.48. The zero-order valence-electron chi connectivity index (χ0n) is 22.7. The molecule has 40 heavy (non-hydrogen) atoms. The van der Waals surface area contributed by atoms with Crippen LogP contribution in [0.15, 0.2) is 90.2 Å². The van der Waals surface area contributed by atoms with E-state index in [0.29, 0.717) is 27.8 Å². The van der Waals surface area contributed by atoms with Gasteiger partial charge in [-0.25, -0.2) is 4.79 Å². The lowest BCUT2D eigenvalue weighted by Gasteiger charge is -2.24. The molecule has 4 aromatic rings. The molecule has 206 valence electrons. The third-order valence-electron chi connectivity index (χ3n) is 6.83. The van der Waals surface area contributed by atoms with Crippen LogP contribution in [0.1, 0.15) is 29.8 Å². The molecule has 0 saturated carbocycles. The zero-order valence-corrected chi connectivity index (χ0v) is 22.7. The Kier molecular flexibility index (Phi) is 8.63. The van der Waals surface area contributed by atoms with E-state index in [1.807, 2.05) is 18.2 Å². The maximum atomic E-state index is 13.7. The van der Waals surface area contributed by atoms with E-state index in [4.69, 9.17) is 5.73 Å². The highest BCUT2D eigenvalue weighted by Crippen LogP contribution is 2.24. The van der Waals surface area contributed by atoms with Gasteiger partial charge in [-0.05, 0) is 50.2 Å². The number of ketones is 1. The predicted octanol–water partition coefficient (Wildman–Crippen LogP) is 3.58. The van der Waals surface area contributed by atoms with Gasteiger partial charge in [0.05, 0.1) is 11.0 Å². The smallest absolute Gasteiger partial charge is 0.329 e. The molecule has 0 aliphatic carbocycles. The van der Waals surface area contributed by atoms with Crippen LogP contribution in [0.4, 0.5) is 11.4 Å². The Morgan fingerprint density at radius 2 is 1.52 bits per heavy atom. The number of hydrogen-bond donors (Lipinski definition) is 1. The van der Waals surface area contributed by atoms with Crippen molar-refractivity contribution in [3.8, 4) is 0 Å². The van der Waals surface area contributed by atoms with Gasteiger partial charge in [0.15, 0.2) is 5.78 Å². The van der Waals surface area contributed by atoms with Crippen LogP contribution in [0.3, 0.4) is 0 Å². The fourth-order valence-corrected chi connectivity index (χ4v) is 4.89. The first-order valence-electron chi connectivity index (χ1n) is 13.2. The summed E-state index contributed by atoms with van der Waals surface area (Å²) in [6.45, 7) is 8.92. The highest BCUT2D eigenvalue weighted by atomic mass is 16.2. The van der Waals surface area contributed by atoms with Crippen molar-refractivity contribution in [2.24, 2.45) is 5.73 Å². The molecule has 1 heterocycles. The van der Waals surface area contributed by atoms with Crippen LogP contribution in [0.2, 0.25) is 0 Å². The van der Waals surface area contributed by atoms with Gasteiger partial charge in [0.25, 0.3) is 0 Å². The lowest BCUT2D eigenvalue weighted by molar-refractivity contribution is -0.122. The van der Waals surface area contributed by atoms with Gasteiger partial charge >= 0.3 is 5.69 Å². The molecule has 0 atom stereocenters. The van der Waals surface area contributed by atoms with Crippen LogP contribution in [-0.2, 0) is 22.7 Å². The summed E-state index contributed by atoms with van der Waals surface area (Å²) in [5, 5.41) is 0. The van der Waals surface area contributed by atoms with E-state index in [0.717, 1.165) is 18.8 Å². The fourth-order valence-electron chi connectivity index (χ4n) is 4.89. The number of nitrogens with zero attached hydrogens (tertiary/aromatic N) is 4. The van der Waals surface area contributed by atoms with Crippen molar-refractivity contribution in [1.82, 2.24) is 9.13 Å². The molecule has 2 N–H and O–H groups in total. The third kappa shape index (κ3) is 5.58. The molecule has 4 rings (SSSR count). The molecule has 0 fully saturated rings. The molecule has 0 bridgehead atoms. The number of hydrogen-bond acceptors (Lipinski definition) is 5. The van der Waals surface area contributed by atoms with Crippen LogP contribution >= 0.6 is 0 Å². The quantitative estimate of drug-likeness (QED) is 0.219. The molecule has 3 aromatic carbocycles. The SMILES string of the molecule is C=CCn1c(=O)n(CC(=O)N(CC(N)=O)c2ccc(N(CC)CC)cc2)c2c(C(=O)c3ccccc3)cccc21. The van der Waals surface area contributed by atoms with Crippen LogP contribution in [-0.4, -0.2) is 46.4 Å². The first kappa shape index (κ1) is 28.1. The minimum atomic E-state index is -0.692. The molecule has 9 heteroatoms. The summed E-state index contributed by atoms with van der Waals surface area (Å²) in [7, 11) is 0. The number of nitrogens with two attached hydrogens (primary N) is 1. The number of aromatic nitrogens is 2. The van der Waals surface area contributed by atoms with Crippen molar-refractivity contribution in [2.75, 3.05) is 29.4 Å². The normalized spacial score (nSPS) is 10.8. The Bertz CT molecular complexity index is 1600. The summed E-state index contributed by atoms with van der Waals surface area (Å²) in [4.78, 5) is 56.2. The standard InChI is InChI=1S/C31H33N5O4/c1-4-19-34-26-14-10-13-25(30(39)22-11-8-7-9-12-22)29(26)36(31(34)40)21-28(38)35(20-27(32)37)24-17-15-23(16-18-24)33(5-2)6-3/h4,7-18H,1,5-6,19-21H2,2-3H3,(H2,32,37). The Morgan fingerprint density at radius 3 is 2.12 bits per heavy atom. The number of imidazole rings is 1. The largest absolute Gasteiger partial charge is 0.372 e. The van der Waals surface area contributed by atoms with E-state index in [1.165, 1.54) is 14.0 Å². The van der Waals surface area contributed by atoms with Gasteiger partial charge in [0.1, 0.15) is 13.1 Å². The van der Waals surface area contributed by atoms with Crippen molar-refractivity contribution < 1.29 is 14.4 Å². The molecular formula is C31H33N5O4. The number of carbonyl (C=O) groups is 3. The van der Waals surface area contributed by atoms with Crippen LogP contribution in [0.5, 0.6) is 0 Å². The minimum Gasteiger partial charge on any atom is -0.372 e. The minimum absolute atomic E-state index is 0.192. The number of rotatable bonds is 12. The number of benzene rings is 3. The third-order valence-corrected chi connectivity index (χ3v) is 6.83. The Labute approximate surface area is 232 Å². The average Bonchev–Trinajstić information content (AvgIpc) is 3.23. The topological polar surface area (TPSA) is 111 Å². The summed E-state index contributed by atoms with van der Waals surface area (Å²) in [5.41, 5.74) is 8.09. The van der Waals surface area contributed by atoms with Crippen LogP contribution < -0.4 is 21.2 Å². The summed E-state index contributed by atoms with van der Waals surface area (Å²) >= 11 is 0. The summed E-state index contributed by atoms with van der Waals surface area (Å²) in [6, 6.07) is 21.1. The van der Waals surface area contributed by atoms with E-state index in [-0.39, 0.29) is 18.9 Å². The number of para-hydroxylation sites is 1. The van der Waals surface area contributed by atoms with Crippen molar-refractivity contribution in [3.05, 3.63) is 107 Å². The number of fused-ring (bicyclic) bond motifs is 1. The van der Waals surface area contributed by atoms with Gasteiger partial charge in [-0.3, -0.25) is 23.5 Å². The number of primary amides is 1. The molecule has 0 radical (unpaired) electrons. The van der Waals surface area contributed by atoms with Gasteiger partial charge in [0.2, 0.25) is 11.8 Å². The van der Waals surface area contributed by atoms with Gasteiger partial charge in [-0.2, -0.15) is 0 Å². The average molecular weight is 540 g/mol. The molecule has 1 aromatic heterocycles. The Hall–Kier alpha value is -4.92. The fraction of sp³-hybridized carbons (Fsp3) is 0.226. The molecular weight excluding hydrogens is 506 g/mol. The maximum Gasteiger partial charge on any atom is 0.329 e. The lowest BCUT2D eigenvalue weighted by Crippen LogP contribution is -2.42. The van der Waals surface area contributed by atoms with Gasteiger partial charge < -0.3 is 15.5 Å². The second kappa shape index (κ2) is 12.3. The lowest BCUT2D eigenvalue weighted by atomic mass is 10.0. The van der Waals surface area contributed by atoms with Crippen LogP contribution in [0, 0.1) is 0 Å². The molecule has 0 saturated heterocycles. The van der Waals surface area contributed by atoms with Crippen molar-refractivity contribution >= 4 is 40.0 Å². The van der Waals surface area contributed by atoms with E-state index in [1.54, 1.807) is 60.7 Å². The van der Waals surface area contributed by atoms with Crippen molar-refractivity contribution in [3.63, 3.8) is 0 Å². The monoisotopic (exact) mass is 539 g/mol. The van der Waals surface area contributed by atoms with Crippen LogP contribution in [0.25, 0.3) is 11.0 Å². The van der Waals surface area contributed by atoms with E-state index >= 15 is 0 Å². The van der Waals surface area contributed by atoms with Gasteiger partial charge in [0, 0.05) is 42.1 Å².